The maximum atomic E-state index is 2.79. The van der Waals surface area contributed by atoms with Gasteiger partial charge < -0.3 is 0 Å². The SMILES string of the molecule is CC(C)(C)N1CCC(CC(C)(C)N2CC3(CCCC3)C2)SC1. The lowest BCUT2D eigenvalue weighted by Crippen LogP contribution is -2.63. The topological polar surface area (TPSA) is 6.48 Å². The zero-order valence-electron chi connectivity index (χ0n) is 15.5. The van der Waals surface area contributed by atoms with Crippen molar-refractivity contribution in [2.45, 2.75) is 89.5 Å². The van der Waals surface area contributed by atoms with Gasteiger partial charge >= 0.3 is 0 Å². The first-order valence-corrected chi connectivity index (χ1v) is 10.4. The molecule has 3 fully saturated rings. The summed E-state index contributed by atoms with van der Waals surface area (Å²) in [6.45, 7) is 16.1. The summed E-state index contributed by atoms with van der Waals surface area (Å²) in [5, 5.41) is 0.855. The molecule has 0 aromatic carbocycles. The summed E-state index contributed by atoms with van der Waals surface area (Å²) in [7, 11) is 0. The van der Waals surface area contributed by atoms with Gasteiger partial charge in [-0.15, -0.1) is 11.8 Å². The molecule has 3 rings (SSSR count). The molecule has 0 aromatic heterocycles. The number of rotatable bonds is 3. The van der Waals surface area contributed by atoms with Crippen molar-refractivity contribution in [2.75, 3.05) is 25.5 Å². The molecular weight excluding hydrogens is 288 g/mol. The Morgan fingerprint density at radius 2 is 1.64 bits per heavy atom. The lowest BCUT2D eigenvalue weighted by atomic mass is 9.74. The molecule has 22 heavy (non-hydrogen) atoms. The first kappa shape index (κ1) is 17.1. The number of likely N-dealkylation sites (tertiary alicyclic amines) is 1. The first-order chi connectivity index (χ1) is 10.2. The van der Waals surface area contributed by atoms with Gasteiger partial charge in [-0.05, 0) is 65.7 Å². The van der Waals surface area contributed by atoms with E-state index in [1.807, 2.05) is 0 Å². The molecule has 0 aromatic rings. The van der Waals surface area contributed by atoms with Gasteiger partial charge in [-0.2, -0.15) is 0 Å². The van der Waals surface area contributed by atoms with Crippen LogP contribution in [0.2, 0.25) is 0 Å². The Balaban J connectivity index is 1.47. The maximum absolute atomic E-state index is 2.79. The monoisotopic (exact) mass is 324 g/mol. The second kappa shape index (κ2) is 5.97. The van der Waals surface area contributed by atoms with Crippen molar-refractivity contribution in [1.29, 1.82) is 0 Å². The largest absolute Gasteiger partial charge is 0.297 e. The van der Waals surface area contributed by atoms with Crippen LogP contribution in [0, 0.1) is 5.41 Å². The van der Waals surface area contributed by atoms with Gasteiger partial charge in [0.15, 0.2) is 0 Å². The van der Waals surface area contributed by atoms with Gasteiger partial charge in [0.2, 0.25) is 0 Å². The predicted octanol–water partition coefficient (Wildman–Crippen LogP) is 4.59. The average molecular weight is 325 g/mol. The summed E-state index contributed by atoms with van der Waals surface area (Å²) in [4.78, 5) is 5.42. The second-order valence-corrected chi connectivity index (χ2v) is 11.0. The Morgan fingerprint density at radius 3 is 2.14 bits per heavy atom. The van der Waals surface area contributed by atoms with Crippen molar-refractivity contribution in [3.63, 3.8) is 0 Å². The molecule has 1 spiro atoms. The van der Waals surface area contributed by atoms with Crippen LogP contribution in [0.15, 0.2) is 0 Å². The fourth-order valence-electron chi connectivity index (χ4n) is 4.65. The van der Waals surface area contributed by atoms with Crippen LogP contribution < -0.4 is 0 Å². The van der Waals surface area contributed by atoms with Crippen LogP contribution in [0.1, 0.15) is 73.1 Å². The van der Waals surface area contributed by atoms with E-state index in [-0.39, 0.29) is 0 Å². The van der Waals surface area contributed by atoms with Crippen molar-refractivity contribution in [1.82, 2.24) is 9.80 Å². The van der Waals surface area contributed by atoms with E-state index in [4.69, 9.17) is 0 Å². The Kier molecular flexibility index (Phi) is 4.64. The van der Waals surface area contributed by atoms with Gasteiger partial charge in [0.1, 0.15) is 0 Å². The summed E-state index contributed by atoms with van der Waals surface area (Å²) < 4.78 is 0. The van der Waals surface area contributed by atoms with Crippen molar-refractivity contribution >= 4 is 11.8 Å². The highest BCUT2D eigenvalue weighted by atomic mass is 32.2. The first-order valence-electron chi connectivity index (χ1n) is 9.32. The van der Waals surface area contributed by atoms with Crippen LogP contribution in [-0.4, -0.2) is 51.6 Å². The van der Waals surface area contributed by atoms with Crippen LogP contribution in [0.4, 0.5) is 0 Å². The molecule has 2 heterocycles. The molecule has 1 atom stereocenters. The Labute approximate surface area is 142 Å². The van der Waals surface area contributed by atoms with E-state index in [1.165, 1.54) is 64.0 Å². The molecule has 2 nitrogen and oxygen atoms in total. The van der Waals surface area contributed by atoms with Crippen molar-refractivity contribution in [2.24, 2.45) is 5.41 Å². The van der Waals surface area contributed by atoms with E-state index in [0.717, 1.165) is 10.7 Å². The average Bonchev–Trinajstić information content (AvgIpc) is 2.85. The molecule has 2 aliphatic heterocycles. The van der Waals surface area contributed by atoms with E-state index in [0.29, 0.717) is 11.1 Å². The minimum atomic E-state index is 0.333. The summed E-state index contributed by atoms with van der Waals surface area (Å²) in [5.41, 5.74) is 1.47. The van der Waals surface area contributed by atoms with Gasteiger partial charge in [0.05, 0.1) is 0 Å². The summed E-state index contributed by atoms with van der Waals surface area (Å²) >= 11 is 2.20. The van der Waals surface area contributed by atoms with Crippen molar-refractivity contribution in [3.8, 4) is 0 Å². The quantitative estimate of drug-likeness (QED) is 0.749. The molecule has 128 valence electrons. The van der Waals surface area contributed by atoms with Crippen LogP contribution >= 0.6 is 11.8 Å². The molecule has 0 radical (unpaired) electrons. The summed E-state index contributed by atoms with van der Waals surface area (Å²) in [6.07, 6.45) is 8.69. The van der Waals surface area contributed by atoms with Gasteiger partial charge in [0.25, 0.3) is 0 Å². The third-order valence-corrected chi connectivity index (χ3v) is 7.77. The molecule has 1 unspecified atom stereocenters. The van der Waals surface area contributed by atoms with E-state index < -0.39 is 0 Å². The van der Waals surface area contributed by atoms with E-state index in [1.54, 1.807) is 0 Å². The Hall–Kier alpha value is 0.270. The molecule has 0 amide bonds. The minimum absolute atomic E-state index is 0.333. The summed E-state index contributed by atoms with van der Waals surface area (Å²) in [5.74, 6) is 1.22. The van der Waals surface area contributed by atoms with E-state index in [2.05, 4.69) is 56.2 Å². The van der Waals surface area contributed by atoms with Crippen LogP contribution in [-0.2, 0) is 0 Å². The predicted molar refractivity (Wildman–Crippen MR) is 98.5 cm³/mol. The molecule has 3 heteroatoms. The van der Waals surface area contributed by atoms with Crippen molar-refractivity contribution < 1.29 is 0 Å². The molecule has 3 aliphatic rings. The van der Waals surface area contributed by atoms with Gasteiger partial charge in [-0.25, -0.2) is 0 Å². The number of thioether (sulfide) groups is 1. The fourth-order valence-corrected chi connectivity index (χ4v) is 6.36. The molecular formula is C19H36N2S. The zero-order valence-corrected chi connectivity index (χ0v) is 16.3. The van der Waals surface area contributed by atoms with Crippen LogP contribution in [0.5, 0.6) is 0 Å². The molecule has 2 saturated heterocycles. The minimum Gasteiger partial charge on any atom is -0.297 e. The van der Waals surface area contributed by atoms with Crippen LogP contribution in [0.3, 0.4) is 0 Å². The number of hydrogen-bond donors (Lipinski definition) is 0. The fraction of sp³-hybridized carbons (Fsp3) is 1.00. The number of hydrogen-bond acceptors (Lipinski definition) is 3. The standard InChI is InChI=1S/C19H36N2S/c1-17(2,3)20-11-8-16(22-15-20)12-18(4,5)21-13-19(14-21)9-6-7-10-19/h16H,6-15H2,1-5H3. The zero-order chi connectivity index (χ0) is 16.0. The highest BCUT2D eigenvalue weighted by molar-refractivity contribution is 7.99. The second-order valence-electron chi connectivity index (χ2n) is 9.72. The molecule has 1 saturated carbocycles. The lowest BCUT2D eigenvalue weighted by molar-refractivity contribution is -0.0654. The highest BCUT2D eigenvalue weighted by Gasteiger charge is 2.49. The maximum Gasteiger partial charge on any atom is 0.0452 e. The third-order valence-electron chi connectivity index (χ3n) is 6.44. The normalized spacial score (nSPS) is 30.7. The lowest BCUT2D eigenvalue weighted by Gasteiger charge is -2.56. The third kappa shape index (κ3) is 3.52. The van der Waals surface area contributed by atoms with Gasteiger partial charge in [-0.1, -0.05) is 12.8 Å². The van der Waals surface area contributed by atoms with Crippen LogP contribution in [0.25, 0.3) is 0 Å². The van der Waals surface area contributed by atoms with E-state index >= 15 is 0 Å². The molecule has 1 aliphatic carbocycles. The smallest absolute Gasteiger partial charge is 0.0452 e. The van der Waals surface area contributed by atoms with Gasteiger partial charge in [-0.3, -0.25) is 9.80 Å². The highest BCUT2D eigenvalue weighted by Crippen LogP contribution is 2.49. The Morgan fingerprint density at radius 1 is 1.00 bits per heavy atom. The van der Waals surface area contributed by atoms with Gasteiger partial charge in [0, 0.05) is 41.8 Å². The molecule has 0 N–H and O–H groups in total. The van der Waals surface area contributed by atoms with Crippen molar-refractivity contribution in [3.05, 3.63) is 0 Å². The summed E-state index contributed by atoms with van der Waals surface area (Å²) in [6, 6.07) is 0. The van der Waals surface area contributed by atoms with E-state index in [9.17, 15) is 0 Å². The number of nitrogens with zero attached hydrogens (tertiary/aromatic N) is 2. The molecule has 0 bridgehead atoms. The Bertz CT molecular complexity index is 377.